The first-order valence-corrected chi connectivity index (χ1v) is 13.6. The van der Waals surface area contributed by atoms with Crippen LogP contribution < -0.4 is 10.2 Å². The summed E-state index contributed by atoms with van der Waals surface area (Å²) in [6.45, 7) is 13.9. The van der Waals surface area contributed by atoms with Crippen LogP contribution in [0.2, 0.25) is 0 Å². The van der Waals surface area contributed by atoms with Crippen molar-refractivity contribution in [2.45, 2.75) is 53.4 Å². The van der Waals surface area contributed by atoms with Crippen LogP contribution in [0.5, 0.6) is 0 Å². The molecular weight excluding hydrogens is 452 g/mol. The van der Waals surface area contributed by atoms with Gasteiger partial charge in [0.2, 0.25) is 5.95 Å². The van der Waals surface area contributed by atoms with Crippen LogP contribution in [0.25, 0.3) is 6.08 Å². The summed E-state index contributed by atoms with van der Waals surface area (Å²) in [7, 11) is 0. The molecule has 0 saturated heterocycles. The van der Waals surface area contributed by atoms with Gasteiger partial charge in [-0.05, 0) is 81.9 Å². The number of aromatic nitrogens is 2. The first-order chi connectivity index (χ1) is 16.9. The Balaban J connectivity index is 1.75. The Bertz CT molecular complexity index is 1060. The number of thioether (sulfide) groups is 1. The number of aryl methyl sites for hydroxylation is 1. The molecule has 186 valence electrons. The molecule has 0 bridgehead atoms. The zero-order valence-corrected chi connectivity index (χ0v) is 22.3. The van der Waals surface area contributed by atoms with E-state index in [2.05, 4.69) is 64.9 Å². The van der Waals surface area contributed by atoms with E-state index in [1.807, 2.05) is 19.1 Å². The number of nitrogens with zero attached hydrogens (tertiary/aromatic N) is 3. The molecule has 1 heterocycles. The van der Waals surface area contributed by atoms with Crippen molar-refractivity contribution in [3.05, 3.63) is 70.9 Å². The number of Topliss-reactive ketones (excluding diaryl/α,β-unsaturated/α-hetero) is 1. The van der Waals surface area contributed by atoms with E-state index in [9.17, 15) is 4.79 Å². The molecule has 35 heavy (non-hydrogen) atoms. The third-order valence-corrected chi connectivity index (χ3v) is 7.18. The molecular formula is C29H38N4OS. The summed E-state index contributed by atoms with van der Waals surface area (Å²) in [4.78, 5) is 25.0. The minimum absolute atomic E-state index is 0.0308. The Kier molecular flexibility index (Phi) is 10.2. The molecule has 3 rings (SSSR count). The van der Waals surface area contributed by atoms with Gasteiger partial charge >= 0.3 is 0 Å². The van der Waals surface area contributed by atoms with Gasteiger partial charge in [-0.3, -0.25) is 4.79 Å². The van der Waals surface area contributed by atoms with Gasteiger partial charge in [-0.25, -0.2) is 9.97 Å². The predicted octanol–water partition coefficient (Wildman–Crippen LogP) is 7.34. The third-order valence-electron chi connectivity index (χ3n) is 5.88. The van der Waals surface area contributed by atoms with Gasteiger partial charge < -0.3 is 10.2 Å². The van der Waals surface area contributed by atoms with Gasteiger partial charge in [-0.15, -0.1) is 11.8 Å². The van der Waals surface area contributed by atoms with E-state index in [1.165, 1.54) is 18.5 Å². The Morgan fingerprint density at radius 1 is 1.20 bits per heavy atom. The topological polar surface area (TPSA) is 58.1 Å². The van der Waals surface area contributed by atoms with Crippen molar-refractivity contribution in [2.24, 2.45) is 5.92 Å². The minimum Gasteiger partial charge on any atom is -0.372 e. The quantitative estimate of drug-likeness (QED) is 0.221. The molecule has 1 saturated carbocycles. The number of ketones is 1. The van der Waals surface area contributed by atoms with E-state index in [0.29, 0.717) is 11.5 Å². The fourth-order valence-electron chi connectivity index (χ4n) is 3.79. The highest BCUT2D eigenvalue weighted by Gasteiger charge is 2.23. The summed E-state index contributed by atoms with van der Waals surface area (Å²) in [5.74, 6) is 2.38. The zero-order valence-electron chi connectivity index (χ0n) is 21.5. The fraction of sp³-hybridized carbons (Fsp3) is 0.414. The average molecular weight is 491 g/mol. The second kappa shape index (κ2) is 13.3. The molecule has 2 aromatic rings. The van der Waals surface area contributed by atoms with Crippen molar-refractivity contribution in [2.75, 3.05) is 29.1 Å². The highest BCUT2D eigenvalue weighted by molar-refractivity contribution is 8.03. The molecule has 1 aromatic carbocycles. The molecule has 6 heteroatoms. The lowest BCUT2D eigenvalue weighted by molar-refractivity contribution is -0.113. The van der Waals surface area contributed by atoms with Crippen LogP contribution >= 0.6 is 11.8 Å². The van der Waals surface area contributed by atoms with Gasteiger partial charge in [-0.1, -0.05) is 26.5 Å². The smallest absolute Gasteiger partial charge is 0.227 e. The van der Waals surface area contributed by atoms with Gasteiger partial charge in [0.05, 0.1) is 5.69 Å². The van der Waals surface area contributed by atoms with E-state index in [0.717, 1.165) is 59.5 Å². The largest absolute Gasteiger partial charge is 0.372 e. The van der Waals surface area contributed by atoms with Crippen molar-refractivity contribution in [1.29, 1.82) is 0 Å². The van der Waals surface area contributed by atoms with E-state index in [4.69, 9.17) is 0 Å². The highest BCUT2D eigenvalue weighted by atomic mass is 32.2. The van der Waals surface area contributed by atoms with Gasteiger partial charge in [-0.2, -0.15) is 0 Å². The summed E-state index contributed by atoms with van der Waals surface area (Å²) >= 11 is 1.74. The molecule has 0 amide bonds. The summed E-state index contributed by atoms with van der Waals surface area (Å²) in [5, 5.41) is 3.30. The zero-order chi connectivity index (χ0) is 25.2. The van der Waals surface area contributed by atoms with Crippen LogP contribution in [0.4, 0.5) is 17.3 Å². The molecule has 5 nitrogen and oxygen atoms in total. The van der Waals surface area contributed by atoms with E-state index >= 15 is 0 Å². The molecule has 1 aromatic heterocycles. The monoisotopic (exact) mass is 490 g/mol. The van der Waals surface area contributed by atoms with Gasteiger partial charge in [0.1, 0.15) is 0 Å². The second-order valence-corrected chi connectivity index (χ2v) is 10.1. The summed E-state index contributed by atoms with van der Waals surface area (Å²) in [5.41, 5.74) is 4.52. The van der Waals surface area contributed by atoms with Crippen LogP contribution in [0.3, 0.4) is 0 Å². The van der Waals surface area contributed by atoms with Crippen molar-refractivity contribution in [3.63, 3.8) is 0 Å². The lowest BCUT2D eigenvalue weighted by atomic mass is 10.1. The lowest BCUT2D eigenvalue weighted by Crippen LogP contribution is -2.24. The number of carbonyl (C=O) groups is 1. The number of rotatable bonds is 14. The van der Waals surface area contributed by atoms with E-state index in [1.54, 1.807) is 31.0 Å². The Labute approximate surface area is 214 Å². The summed E-state index contributed by atoms with van der Waals surface area (Å²) in [6, 6.07) is 8.42. The SMILES string of the molecule is C=C/C=C(SCC1CC1)/C(=C/c1cnc(Nc2ccc(N(CCC)CCC)cc2)nc1C)C(C)=O. The number of carbonyl (C=O) groups excluding carboxylic acids is 1. The number of allylic oxidation sites excluding steroid dienone is 3. The molecule has 1 fully saturated rings. The molecule has 0 atom stereocenters. The third kappa shape index (κ3) is 8.10. The summed E-state index contributed by atoms with van der Waals surface area (Å²) < 4.78 is 0. The Morgan fingerprint density at radius 3 is 2.43 bits per heavy atom. The second-order valence-electron chi connectivity index (χ2n) is 9.03. The standard InChI is InChI=1S/C29H38N4OS/c1-6-9-28(35-20-23-10-11-23)27(22(5)34)18-24-19-30-29(31-21(24)4)32-25-12-14-26(15-13-25)33(16-7-2)17-8-3/h6,9,12-15,18-19,23H,1,7-8,10-11,16-17,20H2,2-5H3,(H,30,31,32)/b27-18+,28-9-. The molecule has 0 spiro atoms. The fourth-order valence-corrected chi connectivity index (χ4v) is 5.09. The average Bonchev–Trinajstić information content (AvgIpc) is 3.66. The number of hydrogen-bond acceptors (Lipinski definition) is 6. The molecule has 1 N–H and O–H groups in total. The Hall–Kier alpha value is -2.86. The molecule has 0 unspecified atom stereocenters. The molecule has 1 aliphatic rings. The van der Waals surface area contributed by atoms with Crippen LogP contribution in [0.1, 0.15) is 57.7 Å². The van der Waals surface area contributed by atoms with E-state index in [-0.39, 0.29) is 5.78 Å². The first-order valence-electron chi connectivity index (χ1n) is 12.6. The van der Waals surface area contributed by atoms with Crippen molar-refractivity contribution >= 4 is 40.9 Å². The lowest BCUT2D eigenvalue weighted by Gasteiger charge is -2.24. The summed E-state index contributed by atoms with van der Waals surface area (Å²) in [6.07, 6.45) is 12.2. The van der Waals surface area contributed by atoms with Crippen LogP contribution in [-0.2, 0) is 4.79 Å². The van der Waals surface area contributed by atoms with Crippen LogP contribution in [0.15, 0.2) is 59.7 Å². The number of nitrogens with one attached hydrogen (secondary N) is 1. The Morgan fingerprint density at radius 2 is 1.89 bits per heavy atom. The van der Waals surface area contributed by atoms with Crippen LogP contribution in [-0.4, -0.2) is 34.6 Å². The van der Waals surface area contributed by atoms with Gasteiger partial charge in [0.15, 0.2) is 5.78 Å². The number of anilines is 3. The maximum absolute atomic E-state index is 12.5. The number of hydrogen-bond donors (Lipinski definition) is 1. The van der Waals surface area contributed by atoms with Gasteiger partial charge in [0.25, 0.3) is 0 Å². The minimum atomic E-state index is 0.0308. The normalized spacial score (nSPS) is 14.1. The van der Waals surface area contributed by atoms with Gasteiger partial charge in [0, 0.05) is 52.5 Å². The number of benzene rings is 1. The molecule has 0 radical (unpaired) electrons. The van der Waals surface area contributed by atoms with Crippen molar-refractivity contribution in [3.8, 4) is 0 Å². The van der Waals surface area contributed by atoms with Crippen molar-refractivity contribution < 1.29 is 4.79 Å². The first kappa shape index (κ1) is 26.7. The molecule has 0 aliphatic heterocycles. The van der Waals surface area contributed by atoms with Crippen LogP contribution in [0, 0.1) is 12.8 Å². The maximum Gasteiger partial charge on any atom is 0.227 e. The molecule has 1 aliphatic carbocycles. The maximum atomic E-state index is 12.5. The van der Waals surface area contributed by atoms with E-state index < -0.39 is 0 Å². The predicted molar refractivity (Wildman–Crippen MR) is 151 cm³/mol. The van der Waals surface area contributed by atoms with Crippen molar-refractivity contribution in [1.82, 2.24) is 9.97 Å². The highest BCUT2D eigenvalue weighted by Crippen LogP contribution is 2.37.